The summed E-state index contributed by atoms with van der Waals surface area (Å²) in [6.45, 7) is 0. The SMILES string of the molecule is FC(F)c1cc(-c2cccnc2Cl)ccn1. The Kier molecular flexibility index (Phi) is 3.10. The lowest BCUT2D eigenvalue weighted by molar-refractivity contribution is 0.146. The zero-order valence-electron chi connectivity index (χ0n) is 8.07. The minimum absolute atomic E-state index is 0.266. The van der Waals surface area contributed by atoms with E-state index in [9.17, 15) is 8.78 Å². The summed E-state index contributed by atoms with van der Waals surface area (Å²) in [6, 6.07) is 6.35. The number of hydrogen-bond acceptors (Lipinski definition) is 2. The Morgan fingerprint density at radius 3 is 2.62 bits per heavy atom. The van der Waals surface area contributed by atoms with Crippen molar-refractivity contribution >= 4 is 11.6 Å². The van der Waals surface area contributed by atoms with Crippen LogP contribution in [0, 0.1) is 0 Å². The van der Waals surface area contributed by atoms with E-state index in [-0.39, 0.29) is 10.8 Å². The molecule has 0 fully saturated rings. The van der Waals surface area contributed by atoms with Crippen molar-refractivity contribution in [2.75, 3.05) is 0 Å². The summed E-state index contributed by atoms with van der Waals surface area (Å²) in [7, 11) is 0. The molecule has 0 aromatic carbocycles. The fraction of sp³-hybridized carbons (Fsp3) is 0.0909. The van der Waals surface area contributed by atoms with Crippen molar-refractivity contribution < 1.29 is 8.78 Å². The van der Waals surface area contributed by atoms with Gasteiger partial charge in [-0.2, -0.15) is 0 Å². The van der Waals surface area contributed by atoms with Gasteiger partial charge in [0.25, 0.3) is 6.43 Å². The lowest BCUT2D eigenvalue weighted by Crippen LogP contribution is -1.91. The van der Waals surface area contributed by atoms with Gasteiger partial charge in [-0.15, -0.1) is 0 Å². The monoisotopic (exact) mass is 240 g/mol. The normalized spacial score (nSPS) is 10.8. The molecule has 0 unspecified atom stereocenters. The Labute approximate surface area is 95.9 Å². The first-order valence-electron chi connectivity index (χ1n) is 4.53. The minimum Gasteiger partial charge on any atom is -0.255 e. The van der Waals surface area contributed by atoms with E-state index in [1.165, 1.54) is 12.3 Å². The second-order valence-electron chi connectivity index (χ2n) is 3.11. The number of halogens is 3. The van der Waals surface area contributed by atoms with Crippen LogP contribution < -0.4 is 0 Å². The molecule has 0 spiro atoms. The highest BCUT2D eigenvalue weighted by molar-refractivity contribution is 6.32. The Balaban J connectivity index is 2.49. The van der Waals surface area contributed by atoms with Crippen LogP contribution in [-0.2, 0) is 0 Å². The number of pyridine rings is 2. The van der Waals surface area contributed by atoms with Crippen LogP contribution in [0.2, 0.25) is 5.15 Å². The summed E-state index contributed by atoms with van der Waals surface area (Å²) in [5.74, 6) is 0. The molecule has 82 valence electrons. The molecule has 0 saturated carbocycles. The molecule has 0 aliphatic rings. The van der Waals surface area contributed by atoms with E-state index in [1.807, 2.05) is 0 Å². The van der Waals surface area contributed by atoms with Crippen LogP contribution in [0.5, 0.6) is 0 Å². The van der Waals surface area contributed by atoms with Crippen molar-refractivity contribution in [2.24, 2.45) is 0 Å². The number of rotatable bonds is 2. The van der Waals surface area contributed by atoms with Gasteiger partial charge in [0.05, 0.1) is 0 Å². The standard InChI is InChI=1S/C11H7ClF2N2/c12-10-8(2-1-4-16-10)7-3-5-15-9(6-7)11(13)14/h1-6,11H. The number of alkyl halides is 2. The molecule has 2 rings (SSSR count). The van der Waals surface area contributed by atoms with Gasteiger partial charge in [0.15, 0.2) is 0 Å². The molecule has 0 amide bonds. The predicted molar refractivity (Wildman–Crippen MR) is 57.4 cm³/mol. The second-order valence-corrected chi connectivity index (χ2v) is 3.47. The Morgan fingerprint density at radius 2 is 1.94 bits per heavy atom. The average molecular weight is 241 g/mol. The van der Waals surface area contributed by atoms with Crippen LogP contribution in [0.25, 0.3) is 11.1 Å². The summed E-state index contributed by atoms with van der Waals surface area (Å²) in [4.78, 5) is 7.47. The molecule has 0 saturated heterocycles. The van der Waals surface area contributed by atoms with Gasteiger partial charge in [0.2, 0.25) is 0 Å². The van der Waals surface area contributed by atoms with Gasteiger partial charge in [0, 0.05) is 18.0 Å². The molecule has 5 heteroatoms. The maximum absolute atomic E-state index is 12.5. The van der Waals surface area contributed by atoms with Gasteiger partial charge in [-0.1, -0.05) is 11.6 Å². The third-order valence-electron chi connectivity index (χ3n) is 2.07. The third-order valence-corrected chi connectivity index (χ3v) is 2.38. The quantitative estimate of drug-likeness (QED) is 0.748. The van der Waals surface area contributed by atoms with E-state index in [1.54, 1.807) is 24.4 Å². The zero-order valence-corrected chi connectivity index (χ0v) is 8.83. The first-order valence-corrected chi connectivity index (χ1v) is 4.91. The Hall–Kier alpha value is -1.55. The molecular formula is C11H7ClF2N2. The van der Waals surface area contributed by atoms with E-state index >= 15 is 0 Å². The summed E-state index contributed by atoms with van der Waals surface area (Å²) in [6.07, 6.45) is 0.289. The van der Waals surface area contributed by atoms with E-state index in [2.05, 4.69) is 9.97 Å². The van der Waals surface area contributed by atoms with Crippen LogP contribution in [0.1, 0.15) is 12.1 Å². The molecule has 2 nitrogen and oxygen atoms in total. The van der Waals surface area contributed by atoms with Gasteiger partial charge in [0.1, 0.15) is 10.8 Å². The van der Waals surface area contributed by atoms with Gasteiger partial charge < -0.3 is 0 Å². The van der Waals surface area contributed by atoms with Crippen molar-refractivity contribution in [3.05, 3.63) is 47.5 Å². The molecule has 0 aliphatic heterocycles. The van der Waals surface area contributed by atoms with Gasteiger partial charge in [-0.05, 0) is 29.8 Å². The second kappa shape index (κ2) is 4.53. The summed E-state index contributed by atoms with van der Waals surface area (Å²) < 4.78 is 24.9. The van der Waals surface area contributed by atoms with Gasteiger partial charge in [-0.25, -0.2) is 13.8 Å². The largest absolute Gasteiger partial charge is 0.280 e. The molecule has 0 bridgehead atoms. The van der Waals surface area contributed by atoms with E-state index in [0.717, 1.165) is 0 Å². The van der Waals surface area contributed by atoms with Crippen molar-refractivity contribution in [3.8, 4) is 11.1 Å². The fourth-order valence-electron chi connectivity index (χ4n) is 1.34. The van der Waals surface area contributed by atoms with Gasteiger partial charge in [-0.3, -0.25) is 4.98 Å². The zero-order chi connectivity index (χ0) is 11.5. The molecule has 2 heterocycles. The number of nitrogens with zero attached hydrogens (tertiary/aromatic N) is 2. The molecule has 0 aliphatic carbocycles. The van der Waals surface area contributed by atoms with Crippen molar-refractivity contribution in [3.63, 3.8) is 0 Å². The molecule has 2 aromatic rings. The molecule has 0 N–H and O–H groups in total. The molecule has 0 atom stereocenters. The maximum Gasteiger partial charge on any atom is 0.280 e. The van der Waals surface area contributed by atoms with Crippen molar-refractivity contribution in [1.82, 2.24) is 9.97 Å². The lowest BCUT2D eigenvalue weighted by Gasteiger charge is -2.05. The highest BCUT2D eigenvalue weighted by atomic mass is 35.5. The Morgan fingerprint density at radius 1 is 1.12 bits per heavy atom. The van der Waals surface area contributed by atoms with Crippen LogP contribution >= 0.6 is 11.6 Å². The minimum atomic E-state index is -2.59. The van der Waals surface area contributed by atoms with Crippen LogP contribution in [0.4, 0.5) is 8.78 Å². The smallest absolute Gasteiger partial charge is 0.255 e. The average Bonchev–Trinajstić information content (AvgIpc) is 2.30. The highest BCUT2D eigenvalue weighted by Gasteiger charge is 2.11. The number of aromatic nitrogens is 2. The summed E-state index contributed by atoms with van der Waals surface area (Å²) in [5.41, 5.74) is 0.939. The number of hydrogen-bond donors (Lipinski definition) is 0. The first kappa shape index (κ1) is 11.0. The molecular weight excluding hydrogens is 234 g/mol. The maximum atomic E-state index is 12.5. The molecule has 16 heavy (non-hydrogen) atoms. The van der Waals surface area contributed by atoms with Crippen LogP contribution in [-0.4, -0.2) is 9.97 Å². The predicted octanol–water partition coefficient (Wildman–Crippen LogP) is 3.73. The topological polar surface area (TPSA) is 25.8 Å². The van der Waals surface area contributed by atoms with Crippen molar-refractivity contribution in [1.29, 1.82) is 0 Å². The van der Waals surface area contributed by atoms with Gasteiger partial charge >= 0.3 is 0 Å². The molecule has 0 radical (unpaired) electrons. The molecule has 2 aromatic heterocycles. The van der Waals surface area contributed by atoms with Crippen LogP contribution in [0.3, 0.4) is 0 Å². The van der Waals surface area contributed by atoms with E-state index < -0.39 is 6.43 Å². The highest BCUT2D eigenvalue weighted by Crippen LogP contribution is 2.27. The summed E-state index contributed by atoms with van der Waals surface area (Å²) >= 11 is 5.87. The fourth-order valence-corrected chi connectivity index (χ4v) is 1.57. The lowest BCUT2D eigenvalue weighted by atomic mass is 10.1. The first-order chi connectivity index (χ1) is 7.68. The summed E-state index contributed by atoms with van der Waals surface area (Å²) in [5, 5.41) is 0.286. The Bertz CT molecular complexity index is 503. The van der Waals surface area contributed by atoms with Crippen LogP contribution in [0.15, 0.2) is 36.7 Å². The van der Waals surface area contributed by atoms with E-state index in [0.29, 0.717) is 11.1 Å². The third kappa shape index (κ3) is 2.17. The van der Waals surface area contributed by atoms with Crippen molar-refractivity contribution in [2.45, 2.75) is 6.43 Å². The van der Waals surface area contributed by atoms with E-state index in [4.69, 9.17) is 11.6 Å².